The van der Waals surface area contributed by atoms with Gasteiger partial charge in [-0.2, -0.15) is 0 Å². The topological polar surface area (TPSA) is 78.4 Å². The molecular formula is C10H19N2O3S-. The number of carbonyl (C=O) groups is 2. The Morgan fingerprint density at radius 2 is 1.56 bits per heavy atom. The van der Waals surface area contributed by atoms with Crippen molar-refractivity contribution in [3.05, 3.63) is 0 Å². The number of rotatable bonds is 9. The van der Waals surface area contributed by atoms with Crippen molar-refractivity contribution in [2.24, 2.45) is 0 Å². The number of carbonyl (C=O) groups excluding carboxylic acids is 2. The average molecular weight is 247 g/mol. The first-order valence-corrected chi connectivity index (χ1v) is 5.90. The van der Waals surface area contributed by atoms with Crippen molar-refractivity contribution in [2.45, 2.75) is 38.5 Å². The molecule has 2 amide bonds. The van der Waals surface area contributed by atoms with Crippen molar-refractivity contribution < 1.29 is 14.7 Å². The first kappa shape index (κ1) is 15.2. The van der Waals surface area contributed by atoms with Gasteiger partial charge in [0.2, 0.25) is 5.91 Å². The molecule has 0 aromatic heterocycles. The number of aliphatic hydroxyl groups excluding tert-OH is 1. The largest absolute Gasteiger partial charge is 0.668 e. The lowest BCUT2D eigenvalue weighted by atomic mass is 10.1. The molecular weight excluding hydrogens is 228 g/mol. The lowest BCUT2D eigenvalue weighted by Gasteiger charge is -2.07. The summed E-state index contributed by atoms with van der Waals surface area (Å²) in [6.45, 7) is 0.291. The van der Waals surface area contributed by atoms with Gasteiger partial charge in [0.25, 0.3) is 0 Å². The summed E-state index contributed by atoms with van der Waals surface area (Å²) in [6, 6.07) is 0. The minimum atomic E-state index is -0.115. The fourth-order valence-corrected chi connectivity index (χ4v) is 1.36. The van der Waals surface area contributed by atoms with Crippen molar-refractivity contribution in [1.82, 2.24) is 10.0 Å². The summed E-state index contributed by atoms with van der Waals surface area (Å²) in [5.74, 6) is -0.145. The SMILES string of the molecule is O=C(CCCCCCC(=O)NCCO)N[S-]. The van der Waals surface area contributed by atoms with Crippen LogP contribution in [0.1, 0.15) is 38.5 Å². The molecule has 0 aliphatic rings. The van der Waals surface area contributed by atoms with Gasteiger partial charge < -0.3 is 28.0 Å². The molecule has 0 atom stereocenters. The Kier molecular flexibility index (Phi) is 10.3. The van der Waals surface area contributed by atoms with Crippen LogP contribution >= 0.6 is 0 Å². The molecule has 0 fully saturated rings. The first-order chi connectivity index (χ1) is 7.70. The summed E-state index contributed by atoms with van der Waals surface area (Å²) >= 11 is 4.38. The van der Waals surface area contributed by atoms with Crippen LogP contribution in [0.4, 0.5) is 0 Å². The smallest absolute Gasteiger partial charge is 0.220 e. The molecule has 0 aliphatic carbocycles. The fraction of sp³-hybridized carbons (Fsp3) is 0.800. The molecule has 0 aromatic carbocycles. The van der Waals surface area contributed by atoms with Gasteiger partial charge in [-0.15, -0.1) is 0 Å². The summed E-state index contributed by atoms with van der Waals surface area (Å²) in [4.78, 5) is 21.9. The molecule has 0 unspecified atom stereocenters. The van der Waals surface area contributed by atoms with Crippen LogP contribution in [-0.4, -0.2) is 30.1 Å². The molecule has 0 aromatic rings. The standard InChI is InChI=1S/C10H19N2O3S/c13-8-7-11-9(14)5-3-1-2-4-6-10(15)12-16/h13H,1-8H2,(H2-,11,12,14,15,16)/q-1. The van der Waals surface area contributed by atoms with E-state index in [1.54, 1.807) is 0 Å². The summed E-state index contributed by atoms with van der Waals surface area (Å²) in [5.41, 5.74) is 0. The van der Waals surface area contributed by atoms with Gasteiger partial charge in [0.15, 0.2) is 5.91 Å². The van der Waals surface area contributed by atoms with Crippen LogP contribution in [-0.2, 0) is 22.4 Å². The second-order valence-electron chi connectivity index (χ2n) is 3.51. The van der Waals surface area contributed by atoms with E-state index < -0.39 is 0 Å². The third kappa shape index (κ3) is 9.79. The normalized spacial score (nSPS) is 9.88. The number of nitrogens with one attached hydrogen (secondary N) is 2. The van der Waals surface area contributed by atoms with E-state index in [9.17, 15) is 9.59 Å². The third-order valence-electron chi connectivity index (χ3n) is 2.11. The fourth-order valence-electron chi connectivity index (χ4n) is 1.26. The van der Waals surface area contributed by atoms with Crippen molar-refractivity contribution in [1.29, 1.82) is 0 Å². The van der Waals surface area contributed by atoms with Crippen molar-refractivity contribution in [3.63, 3.8) is 0 Å². The molecule has 94 valence electrons. The summed E-state index contributed by atoms with van der Waals surface area (Å²) < 4.78 is 2.15. The molecule has 5 nitrogen and oxygen atoms in total. The van der Waals surface area contributed by atoms with Crippen LogP contribution in [0.5, 0.6) is 0 Å². The Morgan fingerprint density at radius 1 is 1.00 bits per heavy atom. The van der Waals surface area contributed by atoms with Gasteiger partial charge in [-0.05, 0) is 12.8 Å². The molecule has 0 aliphatic heterocycles. The van der Waals surface area contributed by atoms with E-state index >= 15 is 0 Å². The number of unbranched alkanes of at least 4 members (excludes halogenated alkanes) is 3. The molecule has 0 spiro atoms. The highest BCUT2D eigenvalue weighted by Gasteiger charge is 2.00. The van der Waals surface area contributed by atoms with Crippen LogP contribution in [0.3, 0.4) is 0 Å². The maximum Gasteiger partial charge on any atom is 0.220 e. The third-order valence-corrected chi connectivity index (χ3v) is 2.33. The molecule has 0 saturated heterocycles. The van der Waals surface area contributed by atoms with Gasteiger partial charge in [0, 0.05) is 19.4 Å². The Labute approximate surface area is 102 Å². The lowest BCUT2D eigenvalue weighted by Crippen LogP contribution is -2.25. The quantitative estimate of drug-likeness (QED) is 0.396. The Hall–Kier alpha value is -0.750. The van der Waals surface area contributed by atoms with E-state index in [2.05, 4.69) is 22.9 Å². The van der Waals surface area contributed by atoms with Crippen molar-refractivity contribution >= 4 is 24.6 Å². The van der Waals surface area contributed by atoms with E-state index in [4.69, 9.17) is 5.11 Å². The van der Waals surface area contributed by atoms with E-state index in [-0.39, 0.29) is 18.4 Å². The predicted molar refractivity (Wildman–Crippen MR) is 63.3 cm³/mol. The zero-order chi connectivity index (χ0) is 12.2. The van der Waals surface area contributed by atoms with E-state index in [1.165, 1.54) is 0 Å². The monoisotopic (exact) mass is 247 g/mol. The highest BCUT2D eigenvalue weighted by molar-refractivity contribution is 7.57. The first-order valence-electron chi connectivity index (χ1n) is 5.49. The highest BCUT2D eigenvalue weighted by atomic mass is 32.1. The minimum Gasteiger partial charge on any atom is -0.668 e. The maximum absolute atomic E-state index is 11.1. The molecule has 0 radical (unpaired) electrons. The van der Waals surface area contributed by atoms with Gasteiger partial charge in [0.05, 0.1) is 6.61 Å². The number of hydrogen-bond donors (Lipinski definition) is 3. The highest BCUT2D eigenvalue weighted by Crippen LogP contribution is 2.05. The molecule has 0 rings (SSSR count). The van der Waals surface area contributed by atoms with Crippen LogP contribution in [0, 0.1) is 0 Å². The van der Waals surface area contributed by atoms with Crippen LogP contribution in [0.2, 0.25) is 0 Å². The van der Waals surface area contributed by atoms with Crippen LogP contribution in [0.15, 0.2) is 0 Å². The second kappa shape index (κ2) is 10.8. The van der Waals surface area contributed by atoms with Gasteiger partial charge >= 0.3 is 0 Å². The zero-order valence-electron chi connectivity index (χ0n) is 9.33. The number of aliphatic hydroxyl groups is 1. The van der Waals surface area contributed by atoms with Gasteiger partial charge in [-0.25, -0.2) is 0 Å². The second-order valence-corrected chi connectivity index (χ2v) is 3.72. The average Bonchev–Trinajstić information content (AvgIpc) is 2.30. The van der Waals surface area contributed by atoms with Gasteiger partial charge in [-0.1, -0.05) is 12.8 Å². The lowest BCUT2D eigenvalue weighted by molar-refractivity contribution is -0.121. The van der Waals surface area contributed by atoms with Crippen molar-refractivity contribution in [3.8, 4) is 0 Å². The molecule has 0 heterocycles. The van der Waals surface area contributed by atoms with Crippen molar-refractivity contribution in [2.75, 3.05) is 13.2 Å². The number of hydrogen-bond acceptors (Lipinski definition) is 4. The summed E-state index contributed by atoms with van der Waals surface area (Å²) in [6.07, 6.45) is 4.41. The zero-order valence-corrected chi connectivity index (χ0v) is 10.1. The Bertz CT molecular complexity index is 212. The predicted octanol–water partition coefficient (Wildman–Crippen LogP) is 0.0136. The Balaban J connectivity index is 3.20. The number of amides is 2. The molecule has 0 bridgehead atoms. The van der Waals surface area contributed by atoms with Gasteiger partial charge in [-0.3, -0.25) is 9.59 Å². The molecule has 16 heavy (non-hydrogen) atoms. The van der Waals surface area contributed by atoms with E-state index in [0.29, 0.717) is 19.4 Å². The minimum absolute atomic E-state index is 0.0259. The Morgan fingerprint density at radius 3 is 2.06 bits per heavy atom. The van der Waals surface area contributed by atoms with Gasteiger partial charge in [0.1, 0.15) is 0 Å². The molecule has 0 saturated carbocycles. The van der Waals surface area contributed by atoms with Crippen LogP contribution in [0.25, 0.3) is 0 Å². The maximum atomic E-state index is 11.1. The van der Waals surface area contributed by atoms with Crippen LogP contribution < -0.4 is 10.0 Å². The van der Waals surface area contributed by atoms with E-state index in [0.717, 1.165) is 25.7 Å². The molecule has 3 N–H and O–H groups in total. The van der Waals surface area contributed by atoms with E-state index in [1.807, 2.05) is 0 Å². The summed E-state index contributed by atoms with van der Waals surface area (Å²) in [5, 5.41) is 11.1. The molecule has 6 heteroatoms. The summed E-state index contributed by atoms with van der Waals surface area (Å²) in [7, 11) is 0.